The number of amides is 2. The number of anilines is 8. The molecule has 344 valence electrons. The fourth-order valence-corrected chi connectivity index (χ4v) is 6.19. The van der Waals surface area contributed by atoms with Crippen molar-refractivity contribution in [2.24, 2.45) is 4.99 Å². The molecule has 0 atom stereocenters. The number of hydrogen-bond donors (Lipinski definition) is 5. The zero-order valence-electron chi connectivity index (χ0n) is 36.2. The lowest BCUT2D eigenvalue weighted by atomic mass is 10.1. The Bertz CT molecular complexity index is 2880. The fourth-order valence-electron chi connectivity index (χ4n) is 6.19. The largest absolute Gasteiger partial charge is 0.481 e. The van der Waals surface area contributed by atoms with Crippen molar-refractivity contribution in [3.8, 4) is 11.8 Å². The predicted molar refractivity (Wildman–Crippen MR) is 235 cm³/mol. The number of halogens is 6. The Hall–Kier alpha value is -8.04. The number of nitrogens with zero attached hydrogens (tertiary/aromatic N) is 7. The molecule has 0 saturated heterocycles. The normalized spacial score (nSPS) is 11.7. The van der Waals surface area contributed by atoms with Gasteiger partial charge < -0.3 is 36.1 Å². The molecule has 6 rings (SSSR count). The third kappa shape index (κ3) is 11.6. The van der Waals surface area contributed by atoms with E-state index in [4.69, 9.17) is 9.47 Å². The molecule has 0 saturated carbocycles. The number of carbonyl (C=O) groups excluding carboxylic acids is 2. The molecule has 4 aromatic heterocycles. The van der Waals surface area contributed by atoms with Gasteiger partial charge in [-0.05, 0) is 80.3 Å². The van der Waals surface area contributed by atoms with Crippen molar-refractivity contribution < 1.29 is 45.4 Å². The van der Waals surface area contributed by atoms with Crippen LogP contribution in [0, 0.1) is 27.7 Å². The highest BCUT2D eigenvalue weighted by Crippen LogP contribution is 2.38. The second kappa shape index (κ2) is 19.8. The molecule has 4 heterocycles. The first kappa shape index (κ1) is 47.4. The van der Waals surface area contributed by atoms with E-state index in [-0.39, 0.29) is 46.4 Å². The van der Waals surface area contributed by atoms with Crippen LogP contribution < -0.4 is 41.5 Å². The molecule has 0 fully saturated rings. The monoisotopic (exact) mass is 916 g/mol. The maximum atomic E-state index is 14.9. The van der Waals surface area contributed by atoms with Crippen LogP contribution in [0.25, 0.3) is 0 Å². The highest BCUT2D eigenvalue weighted by Gasteiger charge is 2.36. The molecular weight excluding hydrogens is 875 g/mol. The summed E-state index contributed by atoms with van der Waals surface area (Å²) >= 11 is 0. The van der Waals surface area contributed by atoms with Crippen LogP contribution in [-0.2, 0) is 28.5 Å². The summed E-state index contributed by atoms with van der Waals surface area (Å²) in [5.41, 5.74) is 0.0329. The molecule has 2 amide bonds. The molecule has 6 aromatic rings. The first-order valence-corrected chi connectivity index (χ1v) is 19.7. The van der Waals surface area contributed by atoms with Crippen molar-refractivity contribution in [1.29, 1.82) is 0 Å². The summed E-state index contributed by atoms with van der Waals surface area (Å²) in [5, 5.41) is 13.8. The third-order valence-corrected chi connectivity index (χ3v) is 9.62. The van der Waals surface area contributed by atoms with Crippen LogP contribution >= 0.6 is 0 Å². The first-order chi connectivity index (χ1) is 31.3. The van der Waals surface area contributed by atoms with Gasteiger partial charge in [-0.25, -0.2) is 24.9 Å². The van der Waals surface area contributed by atoms with E-state index in [1.807, 2.05) is 0 Å². The fraction of sp³-hybridized carbons (Fsp3) is 0.227. The molecule has 0 aliphatic rings. The van der Waals surface area contributed by atoms with Gasteiger partial charge in [-0.1, -0.05) is 18.7 Å². The number of benzene rings is 2. The average molecular weight is 917 g/mol. The van der Waals surface area contributed by atoms with Crippen LogP contribution in [0.3, 0.4) is 0 Å². The maximum Gasteiger partial charge on any atom is 0.421 e. The van der Waals surface area contributed by atoms with Crippen LogP contribution in [-0.4, -0.2) is 55.5 Å². The molecule has 2 aromatic carbocycles. The van der Waals surface area contributed by atoms with Crippen molar-refractivity contribution in [2.75, 3.05) is 40.8 Å². The van der Waals surface area contributed by atoms with Crippen LogP contribution in [0.2, 0.25) is 0 Å². The summed E-state index contributed by atoms with van der Waals surface area (Å²) < 4.78 is 99.2. The second-order valence-electron chi connectivity index (χ2n) is 14.6. The van der Waals surface area contributed by atoms with E-state index in [9.17, 15) is 35.9 Å². The Morgan fingerprint density at radius 3 is 1.89 bits per heavy atom. The van der Waals surface area contributed by atoms with Gasteiger partial charge >= 0.3 is 12.4 Å². The van der Waals surface area contributed by atoms with E-state index >= 15 is 0 Å². The van der Waals surface area contributed by atoms with Crippen LogP contribution in [0.4, 0.5) is 78.2 Å². The minimum absolute atomic E-state index is 0.00660. The van der Waals surface area contributed by atoms with Gasteiger partial charge in [0, 0.05) is 49.9 Å². The molecule has 0 radical (unpaired) electrons. The molecule has 5 N–H and O–H groups in total. The molecule has 0 unspecified atom stereocenters. The van der Waals surface area contributed by atoms with E-state index in [2.05, 4.69) is 63.1 Å². The zero-order chi connectivity index (χ0) is 47.9. The Balaban J connectivity index is 1.40. The quantitative estimate of drug-likeness (QED) is 0.0485. The minimum Gasteiger partial charge on any atom is -0.481 e. The van der Waals surface area contributed by atoms with E-state index in [0.29, 0.717) is 46.0 Å². The van der Waals surface area contributed by atoms with Crippen LogP contribution in [0.15, 0.2) is 91.0 Å². The lowest BCUT2D eigenvalue weighted by Gasteiger charge is -2.20. The van der Waals surface area contributed by atoms with E-state index in [1.54, 1.807) is 39.8 Å². The molecule has 22 heteroatoms. The molecular formula is C44H42F6N12O4. The summed E-state index contributed by atoms with van der Waals surface area (Å²) in [6, 6.07) is 12.0. The number of aromatic nitrogens is 6. The summed E-state index contributed by atoms with van der Waals surface area (Å²) in [7, 11) is 2.78. The van der Waals surface area contributed by atoms with Crippen LogP contribution in [0.5, 0.6) is 11.8 Å². The second-order valence-corrected chi connectivity index (χ2v) is 14.6. The van der Waals surface area contributed by atoms with Gasteiger partial charge in [0.2, 0.25) is 35.5 Å². The Labute approximate surface area is 373 Å². The highest BCUT2D eigenvalue weighted by molar-refractivity contribution is 6.01. The first-order valence-electron chi connectivity index (χ1n) is 19.7. The highest BCUT2D eigenvalue weighted by atomic mass is 19.4. The molecule has 0 aliphatic heterocycles. The zero-order valence-corrected chi connectivity index (χ0v) is 36.2. The number of alkyl halides is 6. The summed E-state index contributed by atoms with van der Waals surface area (Å²) in [6.45, 7) is 9.74. The Kier molecular flexibility index (Phi) is 14.2. The van der Waals surface area contributed by atoms with E-state index in [1.165, 1.54) is 63.0 Å². The number of hydrogen-bond acceptors (Lipinski definition) is 13. The summed E-state index contributed by atoms with van der Waals surface area (Å²) in [6.07, 6.45) is -5.31. The lowest BCUT2D eigenvalue weighted by molar-refractivity contribution is -0.139. The Morgan fingerprint density at radius 1 is 0.697 bits per heavy atom. The smallest absolute Gasteiger partial charge is 0.421 e. The predicted octanol–water partition coefficient (Wildman–Crippen LogP) is 9.37. The van der Waals surface area contributed by atoms with Gasteiger partial charge in [-0.15, -0.1) is 0 Å². The standard InChI is InChI=1S/C44H42F6N12O4/c1-8-35(63)55-34-16-24(3)10-12-30(34)58-40-28(44(48,49)50)22-54-42(60-32-18-38(66-7)52-20-26(32)5)62(40)14-13-36(64)56-33-15-23(2)9-11-29(33)57-39-27(43(45,46)47)21-53-41(61-39)59-31-17-37(65-6)51-19-25(31)4/h8-12,15-22H,1,13-14H2,2-7H3,(H,55,63)(H,56,64)(H,52,54,60)(H2,51,53,57,59,61). The van der Waals surface area contributed by atoms with Gasteiger partial charge in [-0.2, -0.15) is 31.3 Å². The number of methoxy groups -OCH3 is 2. The van der Waals surface area contributed by atoms with Crippen molar-refractivity contribution in [3.05, 3.63) is 125 Å². The van der Waals surface area contributed by atoms with Crippen LogP contribution in [0.1, 0.15) is 39.8 Å². The Morgan fingerprint density at radius 2 is 1.29 bits per heavy atom. The number of carbonyl (C=O) groups is 2. The number of aryl methyl sites for hydroxylation is 4. The van der Waals surface area contributed by atoms with Gasteiger partial charge in [-0.3, -0.25) is 14.2 Å². The summed E-state index contributed by atoms with van der Waals surface area (Å²) in [4.78, 5) is 51.1. The molecule has 16 nitrogen and oxygen atoms in total. The summed E-state index contributed by atoms with van der Waals surface area (Å²) in [5.74, 6) is -2.04. The number of nitrogens with one attached hydrogen (secondary N) is 5. The SMILES string of the molecule is C=CC(=O)Nc1cc(C)ccc1N=c1c(C(F)(F)F)cnc(Nc2cc(OC)ncc2C)n1CCC(=O)Nc1cc(C)ccc1Nc1nc(Nc2cc(OC)ncc2C)ncc1C(F)(F)F. The molecule has 0 aliphatic carbocycles. The lowest BCUT2D eigenvalue weighted by Crippen LogP contribution is -2.33. The maximum absolute atomic E-state index is 14.9. The topological polar surface area (TPSA) is 194 Å². The molecule has 0 spiro atoms. The van der Waals surface area contributed by atoms with Gasteiger partial charge in [0.15, 0.2) is 0 Å². The van der Waals surface area contributed by atoms with Gasteiger partial charge in [0.05, 0.1) is 48.3 Å². The number of ether oxygens (including phenoxy) is 2. The van der Waals surface area contributed by atoms with Crippen molar-refractivity contribution in [3.63, 3.8) is 0 Å². The van der Waals surface area contributed by atoms with Crippen molar-refractivity contribution in [1.82, 2.24) is 29.5 Å². The number of pyridine rings is 2. The van der Waals surface area contributed by atoms with Gasteiger partial charge in [0.1, 0.15) is 22.4 Å². The third-order valence-electron chi connectivity index (χ3n) is 9.62. The van der Waals surface area contributed by atoms with Gasteiger partial charge in [0.25, 0.3) is 0 Å². The number of rotatable bonds is 15. The average Bonchev–Trinajstić information content (AvgIpc) is 3.26. The van der Waals surface area contributed by atoms with Crippen molar-refractivity contribution in [2.45, 2.75) is 53.0 Å². The molecule has 66 heavy (non-hydrogen) atoms. The van der Waals surface area contributed by atoms with Crippen molar-refractivity contribution >= 4 is 63.7 Å². The van der Waals surface area contributed by atoms with E-state index < -0.39 is 59.6 Å². The molecule has 0 bridgehead atoms. The minimum atomic E-state index is -5.02. The van der Waals surface area contributed by atoms with E-state index in [0.717, 1.165) is 10.6 Å².